The first-order chi connectivity index (χ1) is 15.4. The van der Waals surface area contributed by atoms with Crippen LogP contribution in [0.3, 0.4) is 0 Å². The lowest BCUT2D eigenvalue weighted by Crippen LogP contribution is -2.06. The van der Waals surface area contributed by atoms with Crippen molar-refractivity contribution in [3.05, 3.63) is 104 Å². The van der Waals surface area contributed by atoms with Crippen LogP contribution < -0.4 is 14.9 Å². The molecule has 1 heterocycles. The Morgan fingerprint density at radius 3 is 2.47 bits per heavy atom. The summed E-state index contributed by atoms with van der Waals surface area (Å²) in [5, 5.41) is 1.43. The van der Waals surface area contributed by atoms with E-state index in [1.165, 1.54) is 30.5 Å². The van der Waals surface area contributed by atoms with Crippen molar-refractivity contribution in [2.45, 2.75) is 0 Å². The van der Waals surface area contributed by atoms with Crippen LogP contribution in [0.5, 0.6) is 17.2 Å². The third-order valence-corrected chi connectivity index (χ3v) is 5.40. The zero-order valence-electron chi connectivity index (χ0n) is 16.2. The fourth-order valence-corrected chi connectivity index (χ4v) is 3.28. The van der Waals surface area contributed by atoms with Gasteiger partial charge < -0.3 is 13.9 Å². The van der Waals surface area contributed by atoms with Crippen LogP contribution in [-0.2, 0) is 4.79 Å². The molecule has 160 valence electrons. The fourth-order valence-electron chi connectivity index (χ4n) is 2.80. The van der Waals surface area contributed by atoms with Gasteiger partial charge in [-0.25, -0.2) is 4.79 Å². The van der Waals surface area contributed by atoms with Gasteiger partial charge in [0.15, 0.2) is 0 Å². The van der Waals surface area contributed by atoms with Crippen LogP contribution in [0, 0.1) is 0 Å². The Labute approximate surface area is 197 Å². The standard InChI is InChI=1S/C24H13Cl3O5/c25-17-9-5-14(11-19(17)27)6-10-23(28)31-15-7-8-16-21(12-15)30-13-22(24(16)29)32-20-4-2-1-3-18(20)26/h1-13H. The highest BCUT2D eigenvalue weighted by Gasteiger charge is 2.12. The van der Waals surface area contributed by atoms with Gasteiger partial charge in [-0.05, 0) is 48.0 Å². The van der Waals surface area contributed by atoms with Gasteiger partial charge in [-0.1, -0.05) is 53.0 Å². The maximum atomic E-state index is 12.7. The van der Waals surface area contributed by atoms with Gasteiger partial charge in [-0.3, -0.25) is 4.79 Å². The van der Waals surface area contributed by atoms with Crippen LogP contribution in [0.25, 0.3) is 17.0 Å². The van der Waals surface area contributed by atoms with Gasteiger partial charge in [0.05, 0.1) is 20.5 Å². The van der Waals surface area contributed by atoms with Crippen molar-refractivity contribution in [2.24, 2.45) is 0 Å². The molecule has 0 saturated carbocycles. The molecule has 4 aromatic rings. The highest BCUT2D eigenvalue weighted by atomic mass is 35.5. The number of para-hydroxylation sites is 1. The molecule has 3 aromatic carbocycles. The summed E-state index contributed by atoms with van der Waals surface area (Å²) in [6.45, 7) is 0. The molecule has 4 rings (SSSR count). The molecule has 0 radical (unpaired) electrons. The van der Waals surface area contributed by atoms with Gasteiger partial charge in [0.2, 0.25) is 11.2 Å². The van der Waals surface area contributed by atoms with Gasteiger partial charge >= 0.3 is 5.97 Å². The summed E-state index contributed by atoms with van der Waals surface area (Å²) in [6.07, 6.45) is 3.98. The molecule has 1 aromatic heterocycles. The first-order valence-electron chi connectivity index (χ1n) is 9.23. The molecule has 8 heteroatoms. The molecule has 5 nitrogen and oxygen atoms in total. The van der Waals surface area contributed by atoms with E-state index in [2.05, 4.69) is 0 Å². The van der Waals surface area contributed by atoms with Crippen LogP contribution in [0.15, 0.2) is 82.2 Å². The van der Waals surface area contributed by atoms with Crippen molar-refractivity contribution >= 4 is 57.8 Å². The van der Waals surface area contributed by atoms with Crippen molar-refractivity contribution in [3.63, 3.8) is 0 Å². The number of ether oxygens (including phenoxy) is 2. The van der Waals surface area contributed by atoms with E-state index in [1.54, 1.807) is 48.5 Å². The van der Waals surface area contributed by atoms with E-state index in [9.17, 15) is 9.59 Å². The molecule has 0 aliphatic carbocycles. The lowest BCUT2D eigenvalue weighted by molar-refractivity contribution is -0.128. The number of esters is 1. The number of hydrogen-bond donors (Lipinski definition) is 0. The highest BCUT2D eigenvalue weighted by molar-refractivity contribution is 6.42. The minimum atomic E-state index is -0.614. The molecule has 0 aliphatic heterocycles. The Morgan fingerprint density at radius 2 is 1.69 bits per heavy atom. The number of fused-ring (bicyclic) bond motifs is 1. The summed E-state index contributed by atoms with van der Waals surface area (Å²) in [7, 11) is 0. The van der Waals surface area contributed by atoms with Crippen LogP contribution in [-0.4, -0.2) is 5.97 Å². The smallest absolute Gasteiger partial charge is 0.336 e. The Kier molecular flexibility index (Phi) is 6.51. The molecule has 0 unspecified atom stereocenters. The van der Waals surface area contributed by atoms with Crippen LogP contribution >= 0.6 is 34.8 Å². The fraction of sp³-hybridized carbons (Fsp3) is 0. The lowest BCUT2D eigenvalue weighted by Gasteiger charge is -2.07. The molecule has 0 bridgehead atoms. The third kappa shape index (κ3) is 4.97. The SMILES string of the molecule is O=C(C=Cc1ccc(Cl)c(Cl)c1)Oc1ccc2c(=O)c(Oc3ccccc3Cl)coc2c1. The molecule has 0 atom stereocenters. The van der Waals surface area contributed by atoms with Gasteiger partial charge in [0.1, 0.15) is 23.3 Å². The Balaban J connectivity index is 1.51. The molecule has 0 spiro atoms. The summed E-state index contributed by atoms with van der Waals surface area (Å²) >= 11 is 17.9. The average Bonchev–Trinajstić information content (AvgIpc) is 2.78. The number of carbonyl (C=O) groups is 1. The second kappa shape index (κ2) is 9.49. The monoisotopic (exact) mass is 486 g/mol. The molecule has 0 aliphatic rings. The topological polar surface area (TPSA) is 65.7 Å². The van der Waals surface area contributed by atoms with E-state index < -0.39 is 5.97 Å². The number of hydrogen-bond acceptors (Lipinski definition) is 5. The average molecular weight is 488 g/mol. The van der Waals surface area contributed by atoms with Crippen LogP contribution in [0.2, 0.25) is 15.1 Å². The summed E-state index contributed by atoms with van der Waals surface area (Å²) in [5.41, 5.74) is 0.538. The second-order valence-electron chi connectivity index (χ2n) is 6.55. The van der Waals surface area contributed by atoms with Crippen molar-refractivity contribution in [1.82, 2.24) is 0 Å². The first-order valence-corrected chi connectivity index (χ1v) is 10.4. The van der Waals surface area contributed by atoms with E-state index in [-0.39, 0.29) is 27.9 Å². The van der Waals surface area contributed by atoms with Gasteiger partial charge in [-0.15, -0.1) is 0 Å². The molecule has 0 N–H and O–H groups in total. The normalized spacial score (nSPS) is 11.1. The van der Waals surface area contributed by atoms with Gasteiger partial charge in [0.25, 0.3) is 0 Å². The van der Waals surface area contributed by atoms with E-state index in [0.29, 0.717) is 26.4 Å². The maximum absolute atomic E-state index is 12.7. The van der Waals surface area contributed by atoms with Gasteiger partial charge in [-0.2, -0.15) is 0 Å². The Morgan fingerprint density at radius 1 is 0.875 bits per heavy atom. The quantitative estimate of drug-likeness (QED) is 0.170. The summed E-state index contributed by atoms with van der Waals surface area (Å²) in [5.74, 6) is -0.0827. The highest BCUT2D eigenvalue weighted by Crippen LogP contribution is 2.29. The third-order valence-electron chi connectivity index (χ3n) is 4.34. The molecule has 0 amide bonds. The molecular formula is C24H13Cl3O5. The molecular weight excluding hydrogens is 475 g/mol. The lowest BCUT2D eigenvalue weighted by atomic mass is 10.2. The molecule has 0 fully saturated rings. The van der Waals surface area contributed by atoms with Crippen molar-refractivity contribution < 1.29 is 18.7 Å². The summed E-state index contributed by atoms with van der Waals surface area (Å²) in [6, 6.07) is 16.2. The zero-order chi connectivity index (χ0) is 22.7. The predicted octanol–water partition coefficient (Wildman–Crippen LogP) is 7.16. The van der Waals surface area contributed by atoms with Crippen LogP contribution in [0.1, 0.15) is 5.56 Å². The van der Waals surface area contributed by atoms with E-state index >= 15 is 0 Å². The number of benzene rings is 3. The summed E-state index contributed by atoms with van der Waals surface area (Å²) in [4.78, 5) is 24.9. The minimum Gasteiger partial charge on any atom is -0.460 e. The molecule has 32 heavy (non-hydrogen) atoms. The van der Waals surface area contributed by atoms with E-state index in [1.807, 2.05) is 0 Å². The Bertz CT molecular complexity index is 1410. The molecule has 0 saturated heterocycles. The van der Waals surface area contributed by atoms with Gasteiger partial charge in [0, 0.05) is 12.1 Å². The number of carbonyl (C=O) groups excluding carboxylic acids is 1. The van der Waals surface area contributed by atoms with Crippen molar-refractivity contribution in [3.8, 4) is 17.2 Å². The number of rotatable bonds is 5. The summed E-state index contributed by atoms with van der Waals surface area (Å²) < 4.78 is 16.4. The van der Waals surface area contributed by atoms with E-state index in [0.717, 1.165) is 0 Å². The van der Waals surface area contributed by atoms with Crippen molar-refractivity contribution in [1.29, 1.82) is 0 Å². The maximum Gasteiger partial charge on any atom is 0.336 e. The second-order valence-corrected chi connectivity index (χ2v) is 7.77. The largest absolute Gasteiger partial charge is 0.460 e. The predicted molar refractivity (Wildman–Crippen MR) is 125 cm³/mol. The van der Waals surface area contributed by atoms with Crippen LogP contribution in [0.4, 0.5) is 0 Å². The first kappa shape index (κ1) is 22.0. The van der Waals surface area contributed by atoms with E-state index in [4.69, 9.17) is 48.7 Å². The Hall–Kier alpha value is -3.25. The van der Waals surface area contributed by atoms with Crippen molar-refractivity contribution in [2.75, 3.05) is 0 Å². The zero-order valence-corrected chi connectivity index (χ0v) is 18.4. The number of halogens is 3. The minimum absolute atomic E-state index is 0.0140.